The zero-order valence-electron chi connectivity index (χ0n) is 11.0. The van der Waals surface area contributed by atoms with Crippen LogP contribution in [0.3, 0.4) is 0 Å². The van der Waals surface area contributed by atoms with Crippen molar-refractivity contribution in [3.63, 3.8) is 0 Å². The summed E-state index contributed by atoms with van der Waals surface area (Å²) in [5.41, 5.74) is 0. The van der Waals surface area contributed by atoms with E-state index in [9.17, 15) is 0 Å². The van der Waals surface area contributed by atoms with Gasteiger partial charge in [0.05, 0.1) is 10.4 Å². The molecule has 1 unspecified atom stereocenters. The SMILES string of the molecule is COCCNCCC(C)CCc1cc(Br)c(Br)s1. The van der Waals surface area contributed by atoms with E-state index in [-0.39, 0.29) is 0 Å². The lowest BCUT2D eigenvalue weighted by atomic mass is 10.0. The zero-order valence-corrected chi connectivity index (χ0v) is 15.0. The van der Waals surface area contributed by atoms with Gasteiger partial charge in [0, 0.05) is 23.0 Å². The maximum atomic E-state index is 5.00. The molecule has 1 N–H and O–H groups in total. The average molecular weight is 399 g/mol. The molecule has 18 heavy (non-hydrogen) atoms. The molecular formula is C13H21Br2NOS. The highest BCUT2D eigenvalue weighted by Crippen LogP contribution is 2.33. The lowest BCUT2D eigenvalue weighted by Crippen LogP contribution is -2.21. The molecule has 1 aromatic heterocycles. The fourth-order valence-corrected chi connectivity index (χ4v) is 3.89. The third-order valence-electron chi connectivity index (χ3n) is 2.88. The van der Waals surface area contributed by atoms with Gasteiger partial charge in [-0.3, -0.25) is 0 Å². The molecule has 0 aliphatic heterocycles. The number of nitrogens with one attached hydrogen (secondary N) is 1. The molecule has 104 valence electrons. The molecule has 1 atom stereocenters. The molecule has 2 nitrogen and oxygen atoms in total. The first-order valence-electron chi connectivity index (χ1n) is 6.26. The highest BCUT2D eigenvalue weighted by molar-refractivity contribution is 9.13. The number of thiophene rings is 1. The Kier molecular flexibility index (Phi) is 8.76. The van der Waals surface area contributed by atoms with Gasteiger partial charge in [-0.2, -0.15) is 0 Å². The van der Waals surface area contributed by atoms with Crippen molar-refractivity contribution in [1.29, 1.82) is 0 Å². The van der Waals surface area contributed by atoms with Crippen molar-refractivity contribution in [3.8, 4) is 0 Å². The van der Waals surface area contributed by atoms with Gasteiger partial charge in [0.15, 0.2) is 0 Å². The van der Waals surface area contributed by atoms with Crippen LogP contribution in [0.1, 0.15) is 24.6 Å². The summed E-state index contributed by atoms with van der Waals surface area (Å²) in [6.45, 7) is 5.16. The van der Waals surface area contributed by atoms with Crippen LogP contribution in [-0.4, -0.2) is 26.8 Å². The van der Waals surface area contributed by atoms with Crippen LogP contribution < -0.4 is 5.32 Å². The maximum Gasteiger partial charge on any atom is 0.0843 e. The first kappa shape index (κ1) is 16.6. The van der Waals surface area contributed by atoms with Gasteiger partial charge in [-0.15, -0.1) is 11.3 Å². The largest absolute Gasteiger partial charge is 0.383 e. The van der Waals surface area contributed by atoms with Crippen LogP contribution in [0.25, 0.3) is 0 Å². The lowest BCUT2D eigenvalue weighted by Gasteiger charge is -2.11. The van der Waals surface area contributed by atoms with Crippen LogP contribution in [-0.2, 0) is 11.2 Å². The molecule has 1 aromatic rings. The second kappa shape index (κ2) is 9.48. The highest BCUT2D eigenvalue weighted by Gasteiger charge is 2.07. The van der Waals surface area contributed by atoms with Gasteiger partial charge in [0.1, 0.15) is 0 Å². The minimum absolute atomic E-state index is 0.764. The van der Waals surface area contributed by atoms with Crippen molar-refractivity contribution < 1.29 is 4.74 Å². The van der Waals surface area contributed by atoms with Crippen molar-refractivity contribution in [2.75, 3.05) is 26.8 Å². The average Bonchev–Trinajstić information content (AvgIpc) is 2.66. The predicted molar refractivity (Wildman–Crippen MR) is 86.6 cm³/mol. The summed E-state index contributed by atoms with van der Waals surface area (Å²) in [7, 11) is 1.74. The van der Waals surface area contributed by atoms with E-state index in [1.807, 2.05) is 11.3 Å². The molecule has 1 rings (SSSR count). The van der Waals surface area contributed by atoms with Crippen molar-refractivity contribution in [1.82, 2.24) is 5.32 Å². The number of rotatable bonds is 9. The Morgan fingerprint density at radius 2 is 2.11 bits per heavy atom. The fraction of sp³-hybridized carbons (Fsp3) is 0.692. The number of ether oxygens (including phenoxy) is 1. The molecular weight excluding hydrogens is 378 g/mol. The Balaban J connectivity index is 2.11. The molecule has 0 fully saturated rings. The fourth-order valence-electron chi connectivity index (χ4n) is 1.70. The van der Waals surface area contributed by atoms with Crippen molar-refractivity contribution >= 4 is 43.2 Å². The molecule has 0 bridgehead atoms. The van der Waals surface area contributed by atoms with Crippen LogP contribution >= 0.6 is 43.2 Å². The number of hydrogen-bond acceptors (Lipinski definition) is 3. The van der Waals surface area contributed by atoms with Crippen molar-refractivity contribution in [2.45, 2.75) is 26.2 Å². The van der Waals surface area contributed by atoms with E-state index in [4.69, 9.17) is 4.74 Å². The van der Waals surface area contributed by atoms with Crippen molar-refractivity contribution in [3.05, 3.63) is 19.2 Å². The summed E-state index contributed by atoms with van der Waals surface area (Å²) >= 11 is 8.90. The van der Waals surface area contributed by atoms with Crippen LogP contribution in [0.2, 0.25) is 0 Å². The lowest BCUT2D eigenvalue weighted by molar-refractivity contribution is 0.199. The Morgan fingerprint density at radius 1 is 1.33 bits per heavy atom. The van der Waals surface area contributed by atoms with Crippen LogP contribution in [0.15, 0.2) is 14.3 Å². The van der Waals surface area contributed by atoms with Gasteiger partial charge in [-0.05, 0) is 69.7 Å². The van der Waals surface area contributed by atoms with E-state index in [1.54, 1.807) is 7.11 Å². The van der Waals surface area contributed by atoms with E-state index < -0.39 is 0 Å². The van der Waals surface area contributed by atoms with E-state index >= 15 is 0 Å². The normalized spacial score (nSPS) is 12.9. The molecule has 0 aliphatic rings. The standard InChI is InChI=1S/C13H21Br2NOS/c1-10(5-6-16-7-8-17-2)3-4-11-9-12(14)13(15)18-11/h9-10,16H,3-8H2,1-2H3. The Hall–Kier alpha value is 0.580. The first-order valence-corrected chi connectivity index (χ1v) is 8.67. The maximum absolute atomic E-state index is 5.00. The van der Waals surface area contributed by atoms with Crippen LogP contribution in [0, 0.1) is 5.92 Å². The molecule has 0 aromatic carbocycles. The predicted octanol–water partition coefficient (Wildman–Crippen LogP) is 4.47. The smallest absolute Gasteiger partial charge is 0.0843 e. The highest BCUT2D eigenvalue weighted by atomic mass is 79.9. The Bertz CT molecular complexity index is 324. The van der Waals surface area contributed by atoms with Crippen LogP contribution in [0.5, 0.6) is 0 Å². The first-order chi connectivity index (χ1) is 8.63. The molecule has 1 heterocycles. The summed E-state index contributed by atoms with van der Waals surface area (Å²) < 4.78 is 7.38. The minimum atomic E-state index is 0.764. The zero-order chi connectivity index (χ0) is 13.4. The van der Waals surface area contributed by atoms with Crippen molar-refractivity contribution in [2.24, 2.45) is 5.92 Å². The molecule has 0 amide bonds. The summed E-state index contributed by atoms with van der Waals surface area (Å²) in [5.74, 6) is 0.764. The molecule has 0 saturated carbocycles. The molecule has 0 radical (unpaired) electrons. The van der Waals surface area contributed by atoms with Crippen LogP contribution in [0.4, 0.5) is 0 Å². The molecule has 0 saturated heterocycles. The second-order valence-electron chi connectivity index (χ2n) is 4.51. The van der Waals surface area contributed by atoms with Gasteiger partial charge in [0.2, 0.25) is 0 Å². The summed E-state index contributed by atoms with van der Waals surface area (Å²) in [6, 6.07) is 2.22. The number of methoxy groups -OCH3 is 1. The Labute approximate surface area is 131 Å². The van der Waals surface area contributed by atoms with Gasteiger partial charge in [0.25, 0.3) is 0 Å². The molecule has 0 spiro atoms. The Morgan fingerprint density at radius 3 is 2.72 bits per heavy atom. The third kappa shape index (κ3) is 6.66. The van der Waals surface area contributed by atoms with Gasteiger partial charge < -0.3 is 10.1 Å². The monoisotopic (exact) mass is 397 g/mol. The van der Waals surface area contributed by atoms with E-state index in [0.717, 1.165) is 25.6 Å². The summed E-state index contributed by atoms with van der Waals surface area (Å²) in [5, 5.41) is 3.39. The topological polar surface area (TPSA) is 21.3 Å². The molecule has 0 aliphatic carbocycles. The minimum Gasteiger partial charge on any atom is -0.383 e. The summed E-state index contributed by atoms with van der Waals surface area (Å²) in [4.78, 5) is 1.45. The quantitative estimate of drug-likeness (QED) is 0.619. The summed E-state index contributed by atoms with van der Waals surface area (Å²) in [6.07, 6.45) is 3.66. The van der Waals surface area contributed by atoms with E-state index in [2.05, 4.69) is 50.2 Å². The molecule has 5 heteroatoms. The third-order valence-corrected chi connectivity index (χ3v) is 6.19. The number of aryl methyl sites for hydroxylation is 1. The van der Waals surface area contributed by atoms with E-state index in [1.165, 1.54) is 32.4 Å². The van der Waals surface area contributed by atoms with Gasteiger partial charge >= 0.3 is 0 Å². The van der Waals surface area contributed by atoms with Gasteiger partial charge in [-0.25, -0.2) is 0 Å². The van der Waals surface area contributed by atoms with Gasteiger partial charge in [-0.1, -0.05) is 6.92 Å². The van der Waals surface area contributed by atoms with E-state index in [0.29, 0.717) is 0 Å². The number of hydrogen-bond donors (Lipinski definition) is 1. The second-order valence-corrected chi connectivity index (χ2v) is 7.82. The number of halogens is 2.